The summed E-state index contributed by atoms with van der Waals surface area (Å²) >= 11 is 0. The van der Waals surface area contributed by atoms with Crippen LogP contribution in [0.15, 0.2) is 109 Å². The molecule has 0 saturated heterocycles. The van der Waals surface area contributed by atoms with Gasteiger partial charge in [-0.2, -0.15) is 29.9 Å². The summed E-state index contributed by atoms with van der Waals surface area (Å²) in [7, 11) is 0. The highest BCUT2D eigenvalue weighted by atomic mass is 16.3. The van der Waals surface area contributed by atoms with Gasteiger partial charge in [0, 0.05) is 35.8 Å². The van der Waals surface area contributed by atoms with Gasteiger partial charge in [0.25, 0.3) is 0 Å². The Labute approximate surface area is 288 Å². The third-order valence-electron chi connectivity index (χ3n) is 6.92. The van der Waals surface area contributed by atoms with Crippen LogP contribution in [0.4, 0.5) is 58.4 Å². The second-order valence-electron chi connectivity index (χ2n) is 10.7. The predicted octanol–water partition coefficient (Wildman–Crippen LogP) is 6.01. The quantitative estimate of drug-likeness (QED) is 0.0560. The van der Waals surface area contributed by atoms with E-state index in [-0.39, 0.29) is 13.2 Å². The van der Waals surface area contributed by atoms with Gasteiger partial charge in [-0.3, -0.25) is 0 Å². The van der Waals surface area contributed by atoms with Crippen molar-refractivity contribution in [3.63, 3.8) is 0 Å². The van der Waals surface area contributed by atoms with Crippen molar-refractivity contribution in [2.24, 2.45) is 0 Å². The Morgan fingerprint density at radius 3 is 1.00 bits per heavy atom. The highest BCUT2D eigenvalue weighted by Gasteiger charge is 2.09. The predicted molar refractivity (Wildman–Crippen MR) is 199 cm³/mol. The fraction of sp³-hybridized carbons (Fsp3) is 0.111. The summed E-state index contributed by atoms with van der Waals surface area (Å²) in [6.07, 6.45) is 4.06. The molecule has 0 fully saturated rings. The number of nitrogens with zero attached hydrogens (tertiary/aromatic N) is 6. The highest BCUT2D eigenvalue weighted by molar-refractivity contribution is 5.72. The van der Waals surface area contributed by atoms with Gasteiger partial charge >= 0.3 is 0 Å². The van der Waals surface area contributed by atoms with Gasteiger partial charge in [0.15, 0.2) is 0 Å². The first kappa shape index (κ1) is 33.3. The normalized spacial score (nSPS) is 10.8. The summed E-state index contributed by atoms with van der Waals surface area (Å²) in [5.41, 5.74) is 5.31. The van der Waals surface area contributed by atoms with Crippen molar-refractivity contribution in [3.8, 4) is 0 Å². The van der Waals surface area contributed by atoms with Crippen LogP contribution in [0.5, 0.6) is 0 Å². The fourth-order valence-electron chi connectivity index (χ4n) is 4.58. The van der Waals surface area contributed by atoms with Crippen LogP contribution in [0.2, 0.25) is 0 Å². The second-order valence-corrected chi connectivity index (χ2v) is 10.7. The van der Waals surface area contributed by atoms with Crippen LogP contribution in [0.3, 0.4) is 0 Å². The summed E-state index contributed by atoms with van der Waals surface area (Å²) in [5, 5.41) is 37.3. The van der Waals surface area contributed by atoms with Gasteiger partial charge in [-0.15, -0.1) is 0 Å². The monoisotopic (exact) mass is 668 g/mol. The molecule has 2 aromatic heterocycles. The van der Waals surface area contributed by atoms with Gasteiger partial charge in [-0.25, -0.2) is 0 Å². The first-order chi connectivity index (χ1) is 24.6. The van der Waals surface area contributed by atoms with Crippen molar-refractivity contribution in [1.82, 2.24) is 29.9 Å². The van der Waals surface area contributed by atoms with E-state index in [2.05, 4.69) is 61.8 Å². The van der Waals surface area contributed by atoms with Gasteiger partial charge in [-0.1, -0.05) is 72.8 Å². The van der Waals surface area contributed by atoms with Gasteiger partial charge in [-0.05, 0) is 59.7 Å². The Hall–Kier alpha value is -6.64. The van der Waals surface area contributed by atoms with Crippen molar-refractivity contribution in [2.75, 3.05) is 58.2 Å². The van der Waals surface area contributed by atoms with Crippen molar-refractivity contribution in [1.29, 1.82) is 0 Å². The molecule has 4 aromatic carbocycles. The van der Waals surface area contributed by atoms with E-state index in [1.165, 1.54) is 0 Å². The lowest BCUT2D eigenvalue weighted by atomic mass is 10.1. The largest absolute Gasteiger partial charge is 0.395 e. The maximum atomic E-state index is 9.23. The molecule has 0 atom stereocenters. The van der Waals surface area contributed by atoms with Gasteiger partial charge in [0.1, 0.15) is 0 Å². The molecule has 14 heteroatoms. The van der Waals surface area contributed by atoms with Crippen molar-refractivity contribution in [3.05, 3.63) is 120 Å². The summed E-state index contributed by atoms with van der Waals surface area (Å²) in [6.45, 7) is 0.524. The summed E-state index contributed by atoms with van der Waals surface area (Å²) < 4.78 is 0. The maximum Gasteiger partial charge on any atom is 0.233 e. The third-order valence-corrected chi connectivity index (χ3v) is 6.92. The van der Waals surface area contributed by atoms with Crippen LogP contribution in [-0.2, 0) is 0 Å². The van der Waals surface area contributed by atoms with Gasteiger partial charge < -0.3 is 42.1 Å². The molecule has 14 nitrogen and oxygen atoms in total. The maximum absolute atomic E-state index is 9.23. The van der Waals surface area contributed by atoms with E-state index < -0.39 is 0 Å². The molecular weight excluding hydrogens is 632 g/mol. The Bertz CT molecular complexity index is 1830. The van der Waals surface area contributed by atoms with Crippen LogP contribution in [-0.4, -0.2) is 66.4 Å². The molecule has 0 saturated carbocycles. The van der Waals surface area contributed by atoms with Crippen LogP contribution >= 0.6 is 0 Å². The molecule has 0 bridgehead atoms. The minimum atomic E-state index is -0.0495. The van der Waals surface area contributed by atoms with Crippen LogP contribution < -0.4 is 31.9 Å². The standard InChI is InChI=1S/C36H36N12O2/c49-23-21-37-31-43-33(39-27-7-3-1-4-8-27)47-35(45-31)41-29-17-13-25(14-18-29)11-12-26-15-19-30(20-16-26)42-36-46-32(38-22-24-50)44-34(48-36)40-28-9-5-2-6-10-28/h1-20,49-50H,21-24H2,(H3,37,39,41,43,45,47)(H3,38,40,42,44,46,48). The van der Waals surface area contributed by atoms with Crippen LogP contribution in [0, 0.1) is 0 Å². The van der Waals surface area contributed by atoms with E-state index in [1.807, 2.05) is 121 Å². The Kier molecular flexibility index (Phi) is 11.3. The topological polar surface area (TPSA) is 190 Å². The molecule has 6 rings (SSSR count). The van der Waals surface area contributed by atoms with E-state index >= 15 is 0 Å². The number of anilines is 10. The second kappa shape index (κ2) is 17.0. The van der Waals surface area contributed by atoms with Crippen LogP contribution in [0.25, 0.3) is 12.2 Å². The fourth-order valence-corrected chi connectivity index (χ4v) is 4.58. The zero-order chi connectivity index (χ0) is 34.4. The number of aliphatic hydroxyl groups excluding tert-OH is 2. The average Bonchev–Trinajstić information content (AvgIpc) is 3.14. The Morgan fingerprint density at radius 1 is 0.380 bits per heavy atom. The summed E-state index contributed by atoms with van der Waals surface area (Å²) in [6, 6.07) is 35.0. The molecule has 0 aliphatic carbocycles. The number of hydrogen-bond donors (Lipinski definition) is 8. The highest BCUT2D eigenvalue weighted by Crippen LogP contribution is 2.22. The van der Waals surface area contributed by atoms with E-state index in [1.54, 1.807) is 0 Å². The molecule has 6 aromatic rings. The van der Waals surface area contributed by atoms with E-state index in [0.717, 1.165) is 33.9 Å². The lowest BCUT2D eigenvalue weighted by Gasteiger charge is -2.11. The summed E-state index contributed by atoms with van der Waals surface area (Å²) in [4.78, 5) is 26.7. The lowest BCUT2D eigenvalue weighted by Crippen LogP contribution is -2.12. The summed E-state index contributed by atoms with van der Waals surface area (Å²) in [5.74, 6) is 2.13. The Morgan fingerprint density at radius 2 is 0.680 bits per heavy atom. The van der Waals surface area contributed by atoms with Crippen molar-refractivity contribution >= 4 is 70.6 Å². The zero-order valence-electron chi connectivity index (χ0n) is 27.0. The van der Waals surface area contributed by atoms with E-state index in [4.69, 9.17) is 0 Å². The molecule has 0 unspecified atom stereocenters. The van der Waals surface area contributed by atoms with E-state index in [0.29, 0.717) is 48.8 Å². The minimum absolute atomic E-state index is 0.0495. The van der Waals surface area contributed by atoms with Gasteiger partial charge in [0.05, 0.1) is 13.2 Å². The molecule has 252 valence electrons. The average molecular weight is 669 g/mol. The molecule has 8 N–H and O–H groups in total. The molecule has 0 aliphatic rings. The molecular formula is C36H36N12O2. The molecule has 0 spiro atoms. The number of nitrogens with one attached hydrogen (secondary N) is 6. The Balaban J connectivity index is 1.09. The zero-order valence-corrected chi connectivity index (χ0v) is 27.0. The molecule has 50 heavy (non-hydrogen) atoms. The lowest BCUT2D eigenvalue weighted by molar-refractivity contribution is 0.310. The number of benzene rings is 4. The number of para-hydroxylation sites is 2. The van der Waals surface area contributed by atoms with Gasteiger partial charge in [0.2, 0.25) is 35.7 Å². The minimum Gasteiger partial charge on any atom is -0.395 e. The molecule has 0 amide bonds. The SMILES string of the molecule is OCCNc1nc(Nc2ccccc2)nc(Nc2ccc(C=Cc3ccc(Nc4nc(NCCO)nc(Nc5ccccc5)n4)cc3)cc2)n1. The van der Waals surface area contributed by atoms with E-state index in [9.17, 15) is 10.2 Å². The molecule has 0 aliphatic heterocycles. The number of aliphatic hydroxyl groups is 2. The first-order valence-electron chi connectivity index (χ1n) is 15.9. The number of aromatic nitrogens is 6. The molecule has 0 radical (unpaired) electrons. The number of rotatable bonds is 16. The van der Waals surface area contributed by atoms with Crippen LogP contribution in [0.1, 0.15) is 11.1 Å². The van der Waals surface area contributed by atoms with Crippen molar-refractivity contribution in [2.45, 2.75) is 0 Å². The first-order valence-corrected chi connectivity index (χ1v) is 15.9. The van der Waals surface area contributed by atoms with Crippen molar-refractivity contribution < 1.29 is 10.2 Å². The smallest absolute Gasteiger partial charge is 0.233 e. The molecule has 2 heterocycles. The third kappa shape index (κ3) is 9.93. The number of hydrogen-bond acceptors (Lipinski definition) is 14.